The van der Waals surface area contributed by atoms with Crippen LogP contribution in [0.5, 0.6) is 0 Å². The number of anilines is 2. The second kappa shape index (κ2) is 4.53. The molecule has 0 aliphatic carbocycles. The molecule has 0 spiro atoms. The summed E-state index contributed by atoms with van der Waals surface area (Å²) in [4.78, 5) is 15.3. The molecular weight excluding hydrogens is 250 g/mol. The van der Waals surface area contributed by atoms with Gasteiger partial charge < -0.3 is 9.80 Å². The predicted molar refractivity (Wildman–Crippen MR) is 76.6 cm³/mol. The van der Waals surface area contributed by atoms with Gasteiger partial charge in [-0.2, -0.15) is 0 Å². The van der Waals surface area contributed by atoms with Crippen molar-refractivity contribution in [2.75, 3.05) is 23.9 Å². The molecule has 0 aromatic heterocycles. The first-order chi connectivity index (χ1) is 8.41. The lowest BCUT2D eigenvalue weighted by Gasteiger charge is -2.25. The van der Waals surface area contributed by atoms with Crippen LogP contribution < -0.4 is 9.80 Å². The Hall–Kier alpha value is -1.69. The van der Waals surface area contributed by atoms with Crippen LogP contribution in [-0.2, 0) is 0 Å². The van der Waals surface area contributed by atoms with E-state index >= 15 is 0 Å². The molecule has 0 saturated carbocycles. The summed E-state index contributed by atoms with van der Waals surface area (Å²) >= 11 is 5.37. The highest BCUT2D eigenvalue weighted by Crippen LogP contribution is 2.36. The zero-order chi connectivity index (χ0) is 13.4. The number of hydrogen-bond acceptors (Lipinski definition) is 4. The van der Waals surface area contributed by atoms with Gasteiger partial charge in [0.2, 0.25) is 0 Å². The van der Waals surface area contributed by atoms with Crippen LogP contribution >= 0.6 is 12.2 Å². The molecule has 0 unspecified atom stereocenters. The molecule has 1 aliphatic heterocycles. The van der Waals surface area contributed by atoms with E-state index in [0.717, 1.165) is 22.8 Å². The number of hydrogen-bond donors (Lipinski definition) is 0. The topological polar surface area (TPSA) is 49.6 Å². The Labute approximate surface area is 111 Å². The number of thiocarbonyl (C=S) groups is 1. The van der Waals surface area contributed by atoms with Gasteiger partial charge in [-0.05, 0) is 13.0 Å². The Morgan fingerprint density at radius 3 is 2.67 bits per heavy atom. The number of benzene rings is 1. The first-order valence-electron chi connectivity index (χ1n) is 5.69. The average molecular weight is 265 g/mol. The third-order valence-electron chi connectivity index (χ3n) is 3.42. The molecule has 1 aromatic carbocycles. The summed E-state index contributed by atoms with van der Waals surface area (Å²) in [7, 11) is 3.84. The van der Waals surface area contributed by atoms with Crippen LogP contribution in [0.3, 0.4) is 0 Å². The highest BCUT2D eigenvalue weighted by Gasteiger charge is 2.25. The van der Waals surface area contributed by atoms with Crippen LogP contribution in [-0.4, -0.2) is 30.0 Å². The lowest BCUT2D eigenvalue weighted by molar-refractivity contribution is -0.384. The predicted octanol–water partition coefficient (Wildman–Crippen LogP) is 2.59. The van der Waals surface area contributed by atoms with Crippen molar-refractivity contribution in [3.63, 3.8) is 0 Å². The molecule has 2 rings (SSSR count). The minimum Gasteiger partial charge on any atom is -0.370 e. The summed E-state index contributed by atoms with van der Waals surface area (Å²) in [5.41, 5.74) is 1.87. The molecule has 0 radical (unpaired) electrons. The summed E-state index contributed by atoms with van der Waals surface area (Å²) in [5, 5.41) is 10.9. The van der Waals surface area contributed by atoms with Crippen molar-refractivity contribution in [1.82, 2.24) is 0 Å². The third-order valence-corrected chi connectivity index (χ3v) is 3.86. The Balaban J connectivity index is 2.58. The van der Waals surface area contributed by atoms with E-state index in [2.05, 4.69) is 6.92 Å². The molecule has 1 heterocycles. The van der Waals surface area contributed by atoms with Crippen molar-refractivity contribution >= 4 is 34.3 Å². The minimum atomic E-state index is -0.373. The maximum absolute atomic E-state index is 10.9. The van der Waals surface area contributed by atoms with Crippen LogP contribution in [0.1, 0.15) is 13.3 Å². The largest absolute Gasteiger partial charge is 0.370 e. The summed E-state index contributed by atoms with van der Waals surface area (Å²) in [5.74, 6) is 0. The Morgan fingerprint density at radius 2 is 2.06 bits per heavy atom. The number of nitrogens with zero attached hydrogens (tertiary/aromatic N) is 3. The Bertz CT molecular complexity index is 518. The van der Waals surface area contributed by atoms with Crippen molar-refractivity contribution < 1.29 is 4.92 Å². The number of non-ortho nitro benzene ring substituents is 1. The van der Waals surface area contributed by atoms with E-state index in [1.165, 1.54) is 6.07 Å². The lowest BCUT2D eigenvalue weighted by atomic mass is 10.2. The van der Waals surface area contributed by atoms with Gasteiger partial charge in [-0.3, -0.25) is 10.1 Å². The molecule has 0 fully saturated rings. The molecule has 0 N–H and O–H groups in total. The number of nitro benzene ring substituents is 1. The summed E-state index contributed by atoms with van der Waals surface area (Å²) in [6.45, 7) is 2.06. The van der Waals surface area contributed by atoms with Gasteiger partial charge in [-0.25, -0.2) is 0 Å². The van der Waals surface area contributed by atoms with Crippen LogP contribution in [0.4, 0.5) is 17.1 Å². The molecule has 1 aromatic rings. The maximum atomic E-state index is 10.9. The quantitative estimate of drug-likeness (QED) is 0.444. The van der Waals surface area contributed by atoms with E-state index in [-0.39, 0.29) is 16.7 Å². The van der Waals surface area contributed by atoms with Crippen molar-refractivity contribution in [3.8, 4) is 0 Å². The SMILES string of the molecule is C[C@H]1CC(=S)N(C)c2ccc([N+](=O)[O-])cc2N1C. The van der Waals surface area contributed by atoms with E-state index in [1.54, 1.807) is 12.1 Å². The molecule has 1 aliphatic rings. The van der Waals surface area contributed by atoms with Crippen molar-refractivity contribution in [3.05, 3.63) is 28.3 Å². The van der Waals surface area contributed by atoms with Gasteiger partial charge in [0.05, 0.1) is 21.3 Å². The zero-order valence-electron chi connectivity index (χ0n) is 10.6. The monoisotopic (exact) mass is 265 g/mol. The van der Waals surface area contributed by atoms with Gasteiger partial charge in [-0.1, -0.05) is 12.2 Å². The molecule has 5 nitrogen and oxygen atoms in total. The molecule has 0 bridgehead atoms. The molecular formula is C12H15N3O2S. The Kier molecular flexibility index (Phi) is 3.21. The molecule has 96 valence electrons. The van der Waals surface area contributed by atoms with Crippen LogP contribution in [0.25, 0.3) is 0 Å². The van der Waals surface area contributed by atoms with Gasteiger partial charge >= 0.3 is 0 Å². The van der Waals surface area contributed by atoms with Gasteiger partial charge in [0.1, 0.15) is 0 Å². The van der Waals surface area contributed by atoms with Gasteiger partial charge in [0.15, 0.2) is 0 Å². The Morgan fingerprint density at radius 1 is 1.39 bits per heavy atom. The molecule has 1 atom stereocenters. The smallest absolute Gasteiger partial charge is 0.271 e. The first-order valence-corrected chi connectivity index (χ1v) is 6.10. The maximum Gasteiger partial charge on any atom is 0.271 e. The summed E-state index contributed by atoms with van der Waals surface area (Å²) in [6, 6.07) is 5.11. The zero-order valence-corrected chi connectivity index (χ0v) is 11.4. The molecule has 18 heavy (non-hydrogen) atoms. The van der Waals surface area contributed by atoms with Gasteiger partial charge in [-0.15, -0.1) is 0 Å². The van der Waals surface area contributed by atoms with Crippen molar-refractivity contribution in [2.24, 2.45) is 0 Å². The van der Waals surface area contributed by atoms with E-state index in [9.17, 15) is 10.1 Å². The fourth-order valence-electron chi connectivity index (χ4n) is 2.09. The van der Waals surface area contributed by atoms with Crippen LogP contribution in [0.2, 0.25) is 0 Å². The number of nitro groups is 1. The van der Waals surface area contributed by atoms with Crippen molar-refractivity contribution in [2.45, 2.75) is 19.4 Å². The molecule has 6 heteroatoms. The van der Waals surface area contributed by atoms with E-state index in [1.807, 2.05) is 23.9 Å². The number of rotatable bonds is 1. The van der Waals surface area contributed by atoms with Crippen LogP contribution in [0, 0.1) is 10.1 Å². The summed E-state index contributed by atoms with van der Waals surface area (Å²) < 4.78 is 0. The first kappa shape index (κ1) is 12.8. The lowest BCUT2D eigenvalue weighted by Crippen LogP contribution is -2.30. The second-order valence-electron chi connectivity index (χ2n) is 4.55. The normalized spacial score (nSPS) is 19.5. The van der Waals surface area contributed by atoms with E-state index in [4.69, 9.17) is 12.2 Å². The van der Waals surface area contributed by atoms with Crippen molar-refractivity contribution in [1.29, 1.82) is 0 Å². The minimum absolute atomic E-state index is 0.106. The van der Waals surface area contributed by atoms with Gasteiger partial charge in [0.25, 0.3) is 5.69 Å². The highest BCUT2D eigenvalue weighted by molar-refractivity contribution is 7.80. The summed E-state index contributed by atoms with van der Waals surface area (Å²) in [6.07, 6.45) is 0.769. The van der Waals surface area contributed by atoms with Gasteiger partial charge in [0, 0.05) is 38.7 Å². The highest BCUT2D eigenvalue weighted by atomic mass is 32.1. The standard InChI is InChI=1S/C12H15N3O2S/c1-8-6-12(18)14(3)10-5-4-9(15(16)17)7-11(10)13(8)2/h4-5,7-8H,6H2,1-3H3/t8-/m0/s1. The van der Waals surface area contributed by atoms with Crippen LogP contribution in [0.15, 0.2) is 18.2 Å². The number of fused-ring (bicyclic) bond motifs is 1. The second-order valence-corrected chi connectivity index (χ2v) is 5.02. The third kappa shape index (κ3) is 2.03. The molecule has 0 saturated heterocycles. The van der Waals surface area contributed by atoms with E-state index in [0.29, 0.717) is 0 Å². The average Bonchev–Trinajstić information content (AvgIpc) is 2.42. The van der Waals surface area contributed by atoms with E-state index < -0.39 is 0 Å². The fraction of sp³-hybridized carbons (Fsp3) is 0.417. The molecule has 0 amide bonds. The fourth-order valence-corrected chi connectivity index (χ4v) is 2.43.